The largest absolute Gasteiger partial charge is 0.364 e. The van der Waals surface area contributed by atoms with Gasteiger partial charge in [0.15, 0.2) is 9.84 Å². The molecule has 2 aromatic carbocycles. The van der Waals surface area contributed by atoms with Crippen LogP contribution in [-0.2, 0) is 14.6 Å². The second-order valence-electron chi connectivity index (χ2n) is 5.37. The van der Waals surface area contributed by atoms with Gasteiger partial charge in [-0.05, 0) is 30.3 Å². The highest BCUT2D eigenvalue weighted by molar-refractivity contribution is 7.90. The first kappa shape index (κ1) is 17.6. The monoisotopic (exact) mass is 342 g/mol. The smallest absolute Gasteiger partial charge is 0.243 e. The number of carbonyl (C=O) groups excluding carboxylic acids is 1. The molecular weight excluding hydrogens is 324 g/mol. The maximum absolute atomic E-state index is 12.2. The van der Waals surface area contributed by atoms with Crippen molar-refractivity contribution in [2.75, 3.05) is 30.1 Å². The minimum atomic E-state index is -3.38. The van der Waals surface area contributed by atoms with Crippen molar-refractivity contribution < 1.29 is 13.2 Å². The summed E-state index contributed by atoms with van der Waals surface area (Å²) in [7, 11) is -1.71. The fourth-order valence-electron chi connectivity index (χ4n) is 2.27. The standard InChI is InChI=1S/C18H18N2O3S/c1-4-14-8-7-9-15(12-14)19-18(21)13-20(2)16-10-5-6-11-17(16)24(3,22)23/h1,5-12H,13H2,2-3H3,(H,19,21). The van der Waals surface area contributed by atoms with Crippen molar-refractivity contribution in [3.05, 3.63) is 54.1 Å². The molecule has 1 amide bonds. The van der Waals surface area contributed by atoms with Crippen molar-refractivity contribution in [1.29, 1.82) is 0 Å². The van der Waals surface area contributed by atoms with E-state index in [1.165, 1.54) is 6.07 Å². The molecule has 0 saturated heterocycles. The molecule has 5 nitrogen and oxygen atoms in total. The number of sulfone groups is 1. The van der Waals surface area contributed by atoms with Gasteiger partial charge in [0.1, 0.15) is 0 Å². The molecule has 0 atom stereocenters. The normalized spacial score (nSPS) is 10.7. The zero-order chi connectivity index (χ0) is 17.7. The number of amides is 1. The first-order valence-corrected chi connectivity index (χ1v) is 9.07. The lowest BCUT2D eigenvalue weighted by molar-refractivity contribution is -0.114. The van der Waals surface area contributed by atoms with Crippen LogP contribution in [0.5, 0.6) is 0 Å². The summed E-state index contributed by atoms with van der Waals surface area (Å²) in [5, 5.41) is 2.75. The first-order chi connectivity index (χ1) is 11.3. The molecule has 0 saturated carbocycles. The van der Waals surface area contributed by atoms with E-state index in [0.29, 0.717) is 16.9 Å². The molecule has 0 aliphatic carbocycles. The summed E-state index contributed by atoms with van der Waals surface area (Å²) in [6, 6.07) is 13.5. The number of para-hydroxylation sites is 1. The molecule has 6 heteroatoms. The van der Waals surface area contributed by atoms with Gasteiger partial charge in [0.2, 0.25) is 5.91 Å². The van der Waals surface area contributed by atoms with Gasteiger partial charge in [-0.15, -0.1) is 6.42 Å². The number of carbonyl (C=O) groups is 1. The van der Waals surface area contributed by atoms with E-state index in [0.717, 1.165) is 6.26 Å². The third-order valence-corrected chi connectivity index (χ3v) is 4.51. The van der Waals surface area contributed by atoms with Gasteiger partial charge in [0.05, 0.1) is 17.1 Å². The van der Waals surface area contributed by atoms with Crippen molar-refractivity contribution in [1.82, 2.24) is 0 Å². The number of hydrogen-bond donors (Lipinski definition) is 1. The highest BCUT2D eigenvalue weighted by Crippen LogP contribution is 2.23. The summed E-state index contributed by atoms with van der Waals surface area (Å²) in [5.74, 6) is 2.23. The highest BCUT2D eigenvalue weighted by atomic mass is 32.2. The molecule has 0 fully saturated rings. The molecule has 1 N–H and O–H groups in total. The van der Waals surface area contributed by atoms with Crippen molar-refractivity contribution in [3.63, 3.8) is 0 Å². The quantitative estimate of drug-likeness (QED) is 0.846. The molecule has 0 aromatic heterocycles. The summed E-state index contributed by atoms with van der Waals surface area (Å²) in [4.78, 5) is 14.0. The fourth-order valence-corrected chi connectivity index (χ4v) is 3.20. The Morgan fingerprint density at radius 2 is 1.92 bits per heavy atom. The molecule has 24 heavy (non-hydrogen) atoms. The number of rotatable bonds is 5. The van der Waals surface area contributed by atoms with Gasteiger partial charge in [-0.25, -0.2) is 8.42 Å². The fraction of sp³-hybridized carbons (Fsp3) is 0.167. The van der Waals surface area contributed by atoms with Crippen LogP contribution in [0.2, 0.25) is 0 Å². The second-order valence-corrected chi connectivity index (χ2v) is 7.35. The highest BCUT2D eigenvalue weighted by Gasteiger charge is 2.17. The number of hydrogen-bond acceptors (Lipinski definition) is 4. The van der Waals surface area contributed by atoms with Crippen LogP contribution in [0.25, 0.3) is 0 Å². The predicted molar refractivity (Wildman–Crippen MR) is 95.8 cm³/mol. The van der Waals surface area contributed by atoms with Crippen molar-refractivity contribution in [2.45, 2.75) is 4.90 Å². The molecule has 0 aliphatic heterocycles. The minimum absolute atomic E-state index is 0.00676. The Bertz CT molecular complexity index is 898. The maximum Gasteiger partial charge on any atom is 0.243 e. The molecule has 0 aliphatic rings. The Balaban J connectivity index is 2.14. The minimum Gasteiger partial charge on any atom is -0.364 e. The Labute approximate surface area is 142 Å². The van der Waals surface area contributed by atoms with Crippen LogP contribution >= 0.6 is 0 Å². The van der Waals surface area contributed by atoms with Crippen molar-refractivity contribution in [3.8, 4) is 12.3 Å². The van der Waals surface area contributed by atoms with E-state index < -0.39 is 9.84 Å². The summed E-state index contributed by atoms with van der Waals surface area (Å²) in [5.41, 5.74) is 1.75. The summed E-state index contributed by atoms with van der Waals surface area (Å²) >= 11 is 0. The van der Waals surface area contributed by atoms with E-state index in [9.17, 15) is 13.2 Å². The number of anilines is 2. The zero-order valence-corrected chi connectivity index (χ0v) is 14.3. The van der Waals surface area contributed by atoms with E-state index >= 15 is 0 Å². The van der Waals surface area contributed by atoms with Crippen LogP contribution in [0.15, 0.2) is 53.4 Å². The average Bonchev–Trinajstić information content (AvgIpc) is 2.54. The second kappa shape index (κ2) is 7.20. The number of nitrogens with zero attached hydrogens (tertiary/aromatic N) is 1. The van der Waals surface area contributed by atoms with Crippen LogP contribution in [0.3, 0.4) is 0 Å². The van der Waals surface area contributed by atoms with Crippen LogP contribution in [-0.4, -0.2) is 34.2 Å². The van der Waals surface area contributed by atoms with Crippen LogP contribution in [0, 0.1) is 12.3 Å². The Morgan fingerprint density at radius 1 is 1.21 bits per heavy atom. The van der Waals surface area contributed by atoms with Gasteiger partial charge in [-0.2, -0.15) is 0 Å². The topological polar surface area (TPSA) is 66.5 Å². The lowest BCUT2D eigenvalue weighted by Crippen LogP contribution is -2.31. The number of nitrogens with one attached hydrogen (secondary N) is 1. The molecule has 0 unspecified atom stereocenters. The van der Waals surface area contributed by atoms with Gasteiger partial charge in [0.25, 0.3) is 0 Å². The molecule has 0 heterocycles. The van der Waals surface area contributed by atoms with Gasteiger partial charge >= 0.3 is 0 Å². The summed E-state index contributed by atoms with van der Waals surface area (Å²) in [6.45, 7) is 0.00676. The van der Waals surface area contributed by atoms with E-state index in [-0.39, 0.29) is 17.3 Å². The number of benzene rings is 2. The molecule has 2 rings (SSSR count). The average molecular weight is 342 g/mol. The van der Waals surface area contributed by atoms with E-state index in [2.05, 4.69) is 11.2 Å². The van der Waals surface area contributed by atoms with E-state index in [1.807, 2.05) is 0 Å². The Hall–Kier alpha value is -2.78. The van der Waals surface area contributed by atoms with E-state index in [4.69, 9.17) is 6.42 Å². The zero-order valence-electron chi connectivity index (χ0n) is 13.5. The van der Waals surface area contributed by atoms with E-state index in [1.54, 1.807) is 54.4 Å². The lowest BCUT2D eigenvalue weighted by atomic mass is 10.2. The third-order valence-electron chi connectivity index (χ3n) is 3.37. The Kier molecular flexibility index (Phi) is 5.27. The van der Waals surface area contributed by atoms with Crippen LogP contribution in [0.1, 0.15) is 5.56 Å². The van der Waals surface area contributed by atoms with Gasteiger partial charge in [0, 0.05) is 24.6 Å². The van der Waals surface area contributed by atoms with Crippen LogP contribution in [0.4, 0.5) is 11.4 Å². The molecule has 124 valence electrons. The number of likely N-dealkylation sites (N-methyl/N-ethyl adjacent to an activating group) is 1. The predicted octanol–water partition coefficient (Wildman–Crippen LogP) is 2.15. The van der Waals surface area contributed by atoms with Gasteiger partial charge < -0.3 is 10.2 Å². The molecule has 0 radical (unpaired) electrons. The van der Waals surface area contributed by atoms with Gasteiger partial charge in [-0.1, -0.05) is 24.1 Å². The lowest BCUT2D eigenvalue weighted by Gasteiger charge is -2.21. The number of terminal acetylenes is 1. The molecule has 0 spiro atoms. The third kappa shape index (κ3) is 4.37. The van der Waals surface area contributed by atoms with Crippen LogP contribution < -0.4 is 10.2 Å². The molecular formula is C18H18N2O3S. The molecule has 0 bridgehead atoms. The van der Waals surface area contributed by atoms with Crippen molar-refractivity contribution in [2.24, 2.45) is 0 Å². The molecule has 2 aromatic rings. The first-order valence-electron chi connectivity index (χ1n) is 7.18. The van der Waals surface area contributed by atoms with Gasteiger partial charge in [-0.3, -0.25) is 4.79 Å². The Morgan fingerprint density at radius 3 is 2.58 bits per heavy atom. The maximum atomic E-state index is 12.2. The SMILES string of the molecule is C#Cc1cccc(NC(=O)CN(C)c2ccccc2S(C)(=O)=O)c1. The summed E-state index contributed by atoms with van der Waals surface area (Å²) < 4.78 is 23.7. The summed E-state index contributed by atoms with van der Waals surface area (Å²) in [6.07, 6.45) is 6.48. The van der Waals surface area contributed by atoms with Crippen molar-refractivity contribution >= 4 is 27.1 Å².